The Morgan fingerprint density at radius 1 is 1.07 bits per heavy atom. The van der Waals surface area contributed by atoms with Gasteiger partial charge in [-0.05, 0) is 44.4 Å². The predicted octanol–water partition coefficient (Wildman–Crippen LogP) is 3.75. The van der Waals surface area contributed by atoms with Crippen molar-refractivity contribution in [1.29, 1.82) is 0 Å². The number of aromatic nitrogens is 2. The lowest BCUT2D eigenvalue weighted by atomic mass is 10.1. The van der Waals surface area contributed by atoms with E-state index >= 15 is 0 Å². The maximum atomic E-state index is 12.0. The first kappa shape index (κ1) is 19.7. The van der Waals surface area contributed by atoms with Crippen LogP contribution in [0.4, 0.5) is 5.82 Å². The fourth-order valence-electron chi connectivity index (χ4n) is 2.88. The summed E-state index contributed by atoms with van der Waals surface area (Å²) in [4.78, 5) is 11.0. The first-order chi connectivity index (χ1) is 12.7. The van der Waals surface area contributed by atoms with Gasteiger partial charge >= 0.3 is 0 Å². The highest BCUT2D eigenvalue weighted by Gasteiger charge is 2.13. The Bertz CT molecular complexity index is 1040. The summed E-state index contributed by atoms with van der Waals surface area (Å²) < 4.78 is 26.7. The first-order valence-corrected chi connectivity index (χ1v) is 11.2. The van der Waals surface area contributed by atoms with E-state index in [4.69, 9.17) is 0 Å². The zero-order chi connectivity index (χ0) is 19.6. The number of sulfonamides is 1. The Balaban J connectivity index is 1.69. The molecule has 3 rings (SSSR count). The van der Waals surface area contributed by atoms with Crippen LogP contribution < -0.4 is 10.0 Å². The Morgan fingerprint density at radius 2 is 1.74 bits per heavy atom. The molecule has 0 amide bonds. The van der Waals surface area contributed by atoms with Gasteiger partial charge in [0.2, 0.25) is 10.0 Å². The standard InChI is InChI=1S/C19H24N4O2S2/c1-12(2)23-27(24,25)10-16-7-5-15(6-8-16)9-20-18-17-13(3)14(4)26-19(17)22-11-21-18/h5-8,11-12,23H,9-10H2,1-4H3,(H,20,21,22). The van der Waals surface area contributed by atoms with Crippen LogP contribution in [-0.2, 0) is 22.3 Å². The minimum absolute atomic E-state index is 0.0151. The predicted molar refractivity (Wildman–Crippen MR) is 112 cm³/mol. The van der Waals surface area contributed by atoms with Gasteiger partial charge in [0.05, 0.1) is 11.1 Å². The van der Waals surface area contributed by atoms with Crippen LogP contribution in [0.2, 0.25) is 0 Å². The zero-order valence-corrected chi connectivity index (χ0v) is 17.5. The lowest BCUT2D eigenvalue weighted by molar-refractivity contribution is 0.569. The second-order valence-electron chi connectivity index (χ2n) is 6.89. The number of hydrogen-bond donors (Lipinski definition) is 2. The van der Waals surface area contributed by atoms with E-state index in [2.05, 4.69) is 33.9 Å². The summed E-state index contributed by atoms with van der Waals surface area (Å²) in [5.41, 5.74) is 3.03. The molecule has 3 aromatic rings. The molecule has 0 spiro atoms. The van der Waals surface area contributed by atoms with Crippen LogP contribution >= 0.6 is 11.3 Å². The number of rotatable bonds is 7. The van der Waals surface area contributed by atoms with Crippen molar-refractivity contribution in [1.82, 2.24) is 14.7 Å². The minimum Gasteiger partial charge on any atom is -0.365 e. The summed E-state index contributed by atoms with van der Waals surface area (Å²) in [7, 11) is -3.31. The monoisotopic (exact) mass is 404 g/mol. The molecule has 0 radical (unpaired) electrons. The summed E-state index contributed by atoms with van der Waals surface area (Å²) in [5.74, 6) is 0.813. The molecule has 2 heterocycles. The molecular weight excluding hydrogens is 380 g/mol. The Hall–Kier alpha value is -2.03. The van der Waals surface area contributed by atoms with Crippen molar-refractivity contribution in [3.63, 3.8) is 0 Å². The molecule has 0 aliphatic rings. The highest BCUT2D eigenvalue weighted by Crippen LogP contribution is 2.32. The average molecular weight is 405 g/mol. The molecule has 0 aliphatic heterocycles. The maximum absolute atomic E-state index is 12.0. The smallest absolute Gasteiger partial charge is 0.216 e. The van der Waals surface area contributed by atoms with Gasteiger partial charge in [0.1, 0.15) is 17.0 Å². The van der Waals surface area contributed by atoms with E-state index in [1.54, 1.807) is 17.7 Å². The third kappa shape index (κ3) is 4.82. The van der Waals surface area contributed by atoms with Gasteiger partial charge < -0.3 is 5.32 Å². The molecule has 0 saturated carbocycles. The average Bonchev–Trinajstić information content (AvgIpc) is 2.88. The molecule has 1 aromatic carbocycles. The number of nitrogens with zero attached hydrogens (tertiary/aromatic N) is 2. The largest absolute Gasteiger partial charge is 0.365 e. The SMILES string of the molecule is Cc1sc2ncnc(NCc3ccc(CS(=O)(=O)NC(C)C)cc3)c2c1C. The number of anilines is 1. The van der Waals surface area contributed by atoms with E-state index in [0.717, 1.165) is 27.2 Å². The van der Waals surface area contributed by atoms with Gasteiger partial charge in [-0.2, -0.15) is 0 Å². The van der Waals surface area contributed by atoms with Crippen LogP contribution in [-0.4, -0.2) is 24.4 Å². The van der Waals surface area contributed by atoms with Gasteiger partial charge in [-0.25, -0.2) is 23.1 Å². The molecule has 27 heavy (non-hydrogen) atoms. The van der Waals surface area contributed by atoms with E-state index < -0.39 is 10.0 Å². The summed E-state index contributed by atoms with van der Waals surface area (Å²) >= 11 is 1.67. The Labute approximate surface area is 164 Å². The van der Waals surface area contributed by atoms with Gasteiger partial charge in [-0.1, -0.05) is 24.3 Å². The van der Waals surface area contributed by atoms with Gasteiger partial charge in [-0.15, -0.1) is 11.3 Å². The number of fused-ring (bicyclic) bond motifs is 1. The van der Waals surface area contributed by atoms with Crippen molar-refractivity contribution in [2.45, 2.75) is 46.0 Å². The number of thiophene rings is 1. The highest BCUT2D eigenvalue weighted by molar-refractivity contribution is 7.88. The van der Waals surface area contributed by atoms with Gasteiger partial charge in [0.15, 0.2) is 0 Å². The summed E-state index contributed by atoms with van der Waals surface area (Å²) in [5, 5.41) is 4.45. The van der Waals surface area contributed by atoms with Crippen LogP contribution in [0.15, 0.2) is 30.6 Å². The highest BCUT2D eigenvalue weighted by atomic mass is 32.2. The number of hydrogen-bond acceptors (Lipinski definition) is 6. The summed E-state index contributed by atoms with van der Waals surface area (Å²) in [6, 6.07) is 7.49. The Morgan fingerprint density at radius 3 is 2.41 bits per heavy atom. The second kappa shape index (κ2) is 7.92. The quantitative estimate of drug-likeness (QED) is 0.627. The molecule has 0 unspecified atom stereocenters. The molecule has 6 nitrogen and oxygen atoms in total. The van der Waals surface area contributed by atoms with E-state index in [1.807, 2.05) is 38.1 Å². The molecule has 8 heteroatoms. The molecule has 0 saturated heterocycles. The molecule has 144 valence electrons. The zero-order valence-electron chi connectivity index (χ0n) is 15.9. The van der Waals surface area contributed by atoms with Crippen LogP contribution in [0.1, 0.15) is 35.4 Å². The molecule has 2 aromatic heterocycles. The minimum atomic E-state index is -3.31. The van der Waals surface area contributed by atoms with Crippen molar-refractivity contribution in [2.24, 2.45) is 0 Å². The first-order valence-electron chi connectivity index (χ1n) is 8.77. The van der Waals surface area contributed by atoms with Gasteiger partial charge in [0.25, 0.3) is 0 Å². The Kier molecular flexibility index (Phi) is 5.78. The van der Waals surface area contributed by atoms with E-state index in [9.17, 15) is 8.42 Å². The lowest BCUT2D eigenvalue weighted by Gasteiger charge is -2.10. The van der Waals surface area contributed by atoms with Crippen LogP contribution in [0.25, 0.3) is 10.2 Å². The number of nitrogens with one attached hydrogen (secondary N) is 2. The summed E-state index contributed by atoms with van der Waals surface area (Å²) in [6.07, 6.45) is 1.58. The van der Waals surface area contributed by atoms with Gasteiger partial charge in [0, 0.05) is 17.5 Å². The van der Waals surface area contributed by atoms with Crippen molar-refractivity contribution in [3.8, 4) is 0 Å². The fourth-order valence-corrected chi connectivity index (χ4v) is 5.31. The molecule has 2 N–H and O–H groups in total. The fraction of sp³-hybridized carbons (Fsp3) is 0.368. The second-order valence-corrected chi connectivity index (χ2v) is 9.84. The third-order valence-electron chi connectivity index (χ3n) is 4.22. The van der Waals surface area contributed by atoms with Crippen molar-refractivity contribution < 1.29 is 8.42 Å². The normalized spacial score (nSPS) is 12.0. The maximum Gasteiger partial charge on any atom is 0.216 e. The van der Waals surface area contributed by atoms with Crippen molar-refractivity contribution in [3.05, 3.63) is 52.2 Å². The van der Waals surface area contributed by atoms with E-state index in [-0.39, 0.29) is 11.8 Å². The van der Waals surface area contributed by atoms with Crippen LogP contribution in [0.5, 0.6) is 0 Å². The molecular formula is C19H24N4O2S2. The molecule has 0 bridgehead atoms. The van der Waals surface area contributed by atoms with Gasteiger partial charge in [-0.3, -0.25) is 0 Å². The van der Waals surface area contributed by atoms with E-state index in [1.165, 1.54) is 10.4 Å². The molecule has 0 aliphatic carbocycles. The van der Waals surface area contributed by atoms with Crippen LogP contribution in [0.3, 0.4) is 0 Å². The lowest BCUT2D eigenvalue weighted by Crippen LogP contribution is -2.31. The number of benzene rings is 1. The summed E-state index contributed by atoms with van der Waals surface area (Å²) in [6.45, 7) is 8.41. The van der Waals surface area contributed by atoms with Crippen LogP contribution in [0, 0.1) is 13.8 Å². The van der Waals surface area contributed by atoms with Crippen molar-refractivity contribution >= 4 is 37.4 Å². The molecule has 0 fully saturated rings. The van der Waals surface area contributed by atoms with Crippen molar-refractivity contribution in [2.75, 3.05) is 5.32 Å². The van der Waals surface area contributed by atoms with E-state index in [0.29, 0.717) is 6.54 Å². The third-order valence-corrected chi connectivity index (χ3v) is 6.88. The topological polar surface area (TPSA) is 84.0 Å². The molecule has 0 atom stereocenters. The number of aryl methyl sites for hydroxylation is 2.